The molecule has 2 rings (SSSR count). The molecule has 118 valence electrons. The summed E-state index contributed by atoms with van der Waals surface area (Å²) in [5, 5.41) is 7.37. The van der Waals surface area contributed by atoms with Gasteiger partial charge in [0.15, 0.2) is 0 Å². The van der Waals surface area contributed by atoms with Crippen molar-refractivity contribution < 1.29 is 18.0 Å². The molecule has 0 atom stereocenters. The van der Waals surface area contributed by atoms with Gasteiger partial charge in [-0.25, -0.2) is 5.43 Å². The van der Waals surface area contributed by atoms with Gasteiger partial charge in [0.25, 0.3) is 5.91 Å². The van der Waals surface area contributed by atoms with Crippen molar-refractivity contribution in [2.45, 2.75) is 26.1 Å². The van der Waals surface area contributed by atoms with E-state index in [9.17, 15) is 18.0 Å². The molecule has 0 aliphatic carbocycles. The number of carbonyl (C=O) groups excluding carboxylic acids is 1. The fourth-order valence-electron chi connectivity index (χ4n) is 1.62. The molecular weight excluding hydrogens is 317 g/mol. The average molecular weight is 330 g/mol. The number of aryl methyl sites for hydroxylation is 1. The van der Waals surface area contributed by atoms with Gasteiger partial charge in [-0.05, 0) is 24.6 Å². The van der Waals surface area contributed by atoms with Gasteiger partial charge in [0, 0.05) is 11.1 Å². The monoisotopic (exact) mass is 330 g/mol. The Morgan fingerprint density at radius 1 is 1.45 bits per heavy atom. The minimum atomic E-state index is -4.33. The maximum Gasteiger partial charge on any atom is 0.408 e. The second kappa shape index (κ2) is 6.73. The van der Waals surface area contributed by atoms with Gasteiger partial charge in [-0.2, -0.15) is 23.4 Å². The predicted molar refractivity (Wildman–Crippen MR) is 77.0 cm³/mol. The zero-order valence-corrected chi connectivity index (χ0v) is 12.4. The van der Waals surface area contributed by atoms with E-state index in [1.807, 2.05) is 13.0 Å². The Kier molecular flexibility index (Phi) is 4.96. The summed E-state index contributed by atoms with van der Waals surface area (Å²) in [6.07, 6.45) is -1.09. The first-order chi connectivity index (χ1) is 10.4. The molecule has 2 aromatic heterocycles. The third-order valence-corrected chi connectivity index (χ3v) is 3.83. The smallest absolute Gasteiger partial charge is 0.266 e. The molecule has 9 heteroatoms. The standard InChI is InChI=1S/C13H13F3N4OS/c1-2-10-3-4-11(22-10)12(21)18-17-7-9-5-6-20(19-9)8-13(14,15)16/h3-7H,2,8H2,1H3,(H,18,21)/b17-7-. The number of alkyl halides is 3. The number of nitrogens with zero attached hydrogens (tertiary/aromatic N) is 3. The number of halogens is 3. The van der Waals surface area contributed by atoms with E-state index >= 15 is 0 Å². The molecule has 0 saturated carbocycles. The number of nitrogens with one attached hydrogen (secondary N) is 1. The molecule has 2 heterocycles. The lowest BCUT2D eigenvalue weighted by atomic mass is 10.3. The van der Waals surface area contributed by atoms with Crippen LogP contribution in [0.15, 0.2) is 29.5 Å². The highest BCUT2D eigenvalue weighted by atomic mass is 32.1. The molecule has 2 aromatic rings. The Hall–Kier alpha value is -2.16. The molecule has 0 fully saturated rings. The van der Waals surface area contributed by atoms with Crippen LogP contribution in [-0.2, 0) is 13.0 Å². The van der Waals surface area contributed by atoms with Gasteiger partial charge in [0.2, 0.25) is 0 Å². The molecule has 0 aliphatic rings. The van der Waals surface area contributed by atoms with E-state index in [0.717, 1.165) is 16.0 Å². The van der Waals surface area contributed by atoms with Gasteiger partial charge in [-0.3, -0.25) is 9.48 Å². The van der Waals surface area contributed by atoms with Crippen LogP contribution in [0.1, 0.15) is 27.2 Å². The molecule has 0 bridgehead atoms. The fourth-order valence-corrected chi connectivity index (χ4v) is 2.46. The van der Waals surface area contributed by atoms with E-state index in [1.165, 1.54) is 29.8 Å². The van der Waals surface area contributed by atoms with Gasteiger partial charge in [-0.15, -0.1) is 11.3 Å². The van der Waals surface area contributed by atoms with E-state index in [-0.39, 0.29) is 11.6 Å². The van der Waals surface area contributed by atoms with Crippen molar-refractivity contribution in [3.63, 3.8) is 0 Å². The third-order valence-electron chi connectivity index (χ3n) is 2.60. The molecule has 0 aliphatic heterocycles. The number of hydrazone groups is 1. The van der Waals surface area contributed by atoms with Gasteiger partial charge in [-0.1, -0.05) is 6.92 Å². The minimum Gasteiger partial charge on any atom is -0.266 e. The maximum absolute atomic E-state index is 12.2. The zero-order chi connectivity index (χ0) is 16.2. The number of hydrogen-bond donors (Lipinski definition) is 1. The molecule has 5 nitrogen and oxygen atoms in total. The van der Waals surface area contributed by atoms with Gasteiger partial charge in [0.05, 0.1) is 11.1 Å². The first-order valence-corrected chi connectivity index (χ1v) is 7.21. The Balaban J connectivity index is 1.91. The largest absolute Gasteiger partial charge is 0.408 e. The zero-order valence-electron chi connectivity index (χ0n) is 11.6. The van der Waals surface area contributed by atoms with Crippen molar-refractivity contribution in [1.29, 1.82) is 0 Å². The molecular formula is C13H13F3N4OS. The van der Waals surface area contributed by atoms with Crippen molar-refractivity contribution >= 4 is 23.5 Å². The first-order valence-electron chi connectivity index (χ1n) is 6.39. The van der Waals surface area contributed by atoms with Crippen LogP contribution >= 0.6 is 11.3 Å². The number of rotatable bonds is 5. The quantitative estimate of drug-likeness (QED) is 0.677. The summed E-state index contributed by atoms with van der Waals surface area (Å²) in [7, 11) is 0. The Bertz CT molecular complexity index is 675. The highest BCUT2D eigenvalue weighted by molar-refractivity contribution is 7.14. The van der Waals surface area contributed by atoms with Crippen molar-refractivity contribution in [2.75, 3.05) is 0 Å². The Labute approximate surface area is 128 Å². The summed E-state index contributed by atoms with van der Waals surface area (Å²) in [5.74, 6) is -0.365. The third kappa shape index (κ3) is 4.69. The summed E-state index contributed by atoms with van der Waals surface area (Å²) in [4.78, 5) is 13.4. The Morgan fingerprint density at radius 2 is 2.23 bits per heavy atom. The van der Waals surface area contributed by atoms with Gasteiger partial charge < -0.3 is 0 Å². The SMILES string of the molecule is CCc1ccc(C(=O)N/N=C\c2ccn(CC(F)(F)F)n2)s1. The maximum atomic E-state index is 12.2. The molecule has 0 unspecified atom stereocenters. The van der Waals surface area contributed by atoms with E-state index < -0.39 is 12.7 Å². The van der Waals surface area contributed by atoms with E-state index in [0.29, 0.717) is 4.88 Å². The summed E-state index contributed by atoms with van der Waals surface area (Å²) < 4.78 is 37.3. The fraction of sp³-hybridized carbons (Fsp3) is 0.308. The second-order valence-corrected chi connectivity index (χ2v) is 5.54. The van der Waals surface area contributed by atoms with Crippen LogP contribution in [0.5, 0.6) is 0 Å². The molecule has 1 amide bonds. The number of hydrogen-bond acceptors (Lipinski definition) is 4. The highest BCUT2D eigenvalue weighted by Crippen LogP contribution is 2.17. The van der Waals surface area contributed by atoms with Crippen LogP contribution in [0.3, 0.4) is 0 Å². The van der Waals surface area contributed by atoms with Crippen LogP contribution in [-0.4, -0.2) is 28.1 Å². The van der Waals surface area contributed by atoms with Crippen LogP contribution < -0.4 is 5.43 Å². The second-order valence-electron chi connectivity index (χ2n) is 4.37. The summed E-state index contributed by atoms with van der Waals surface area (Å²) in [5.41, 5.74) is 2.54. The molecule has 0 spiro atoms. The van der Waals surface area contributed by atoms with Crippen LogP contribution in [0.25, 0.3) is 0 Å². The number of aromatic nitrogens is 2. The minimum absolute atomic E-state index is 0.227. The van der Waals surface area contributed by atoms with Crippen molar-refractivity contribution in [2.24, 2.45) is 5.10 Å². The topological polar surface area (TPSA) is 59.3 Å². The van der Waals surface area contributed by atoms with Crippen LogP contribution in [0.4, 0.5) is 13.2 Å². The van der Waals surface area contributed by atoms with Crippen LogP contribution in [0.2, 0.25) is 0 Å². The predicted octanol–water partition coefficient (Wildman–Crippen LogP) is 2.83. The normalized spacial score (nSPS) is 12.0. The summed E-state index contributed by atoms with van der Waals surface area (Å²) in [6.45, 7) is 0.825. The lowest BCUT2D eigenvalue weighted by Gasteiger charge is -2.04. The molecule has 22 heavy (non-hydrogen) atoms. The Morgan fingerprint density at radius 3 is 2.86 bits per heavy atom. The van der Waals surface area contributed by atoms with Crippen molar-refractivity contribution in [3.05, 3.63) is 39.8 Å². The number of thiophene rings is 1. The lowest BCUT2D eigenvalue weighted by Crippen LogP contribution is -2.18. The van der Waals surface area contributed by atoms with Crippen molar-refractivity contribution in [1.82, 2.24) is 15.2 Å². The lowest BCUT2D eigenvalue weighted by molar-refractivity contribution is -0.142. The average Bonchev–Trinajstić information content (AvgIpc) is 3.06. The van der Waals surface area contributed by atoms with Gasteiger partial charge in [0.1, 0.15) is 12.2 Å². The van der Waals surface area contributed by atoms with E-state index in [2.05, 4.69) is 15.6 Å². The van der Waals surface area contributed by atoms with Crippen LogP contribution in [0, 0.1) is 0 Å². The summed E-state index contributed by atoms with van der Waals surface area (Å²) in [6, 6.07) is 4.94. The number of amides is 1. The highest BCUT2D eigenvalue weighted by Gasteiger charge is 2.28. The van der Waals surface area contributed by atoms with E-state index in [1.54, 1.807) is 6.07 Å². The summed E-state index contributed by atoms with van der Waals surface area (Å²) >= 11 is 1.37. The first kappa shape index (κ1) is 16.2. The number of carbonyl (C=O) groups is 1. The molecule has 0 saturated heterocycles. The molecule has 0 aromatic carbocycles. The van der Waals surface area contributed by atoms with Gasteiger partial charge >= 0.3 is 6.18 Å². The van der Waals surface area contributed by atoms with E-state index in [4.69, 9.17) is 0 Å². The molecule has 0 radical (unpaired) electrons. The van der Waals surface area contributed by atoms with Crippen molar-refractivity contribution in [3.8, 4) is 0 Å². The molecule has 1 N–H and O–H groups in total.